The predicted molar refractivity (Wildman–Crippen MR) is 91.7 cm³/mol. The number of anilines is 1. The third-order valence-electron chi connectivity index (χ3n) is 4.63. The minimum absolute atomic E-state index is 0.354. The highest BCUT2D eigenvalue weighted by Gasteiger charge is 2.48. The van der Waals surface area contributed by atoms with Gasteiger partial charge in [-0.1, -0.05) is 20.3 Å². The summed E-state index contributed by atoms with van der Waals surface area (Å²) in [5.74, 6) is -0.294. The second-order valence-corrected chi connectivity index (χ2v) is 6.57. The number of rotatable bonds is 8. The van der Waals surface area contributed by atoms with Gasteiger partial charge in [0.05, 0.1) is 6.10 Å². The van der Waals surface area contributed by atoms with E-state index in [-0.39, 0.29) is 0 Å². The highest BCUT2D eigenvalue weighted by atomic mass is 16.4. The summed E-state index contributed by atoms with van der Waals surface area (Å²) in [6.45, 7) is 6.49. The van der Waals surface area contributed by atoms with Crippen LogP contribution in [0.1, 0.15) is 45.1 Å². The Kier molecular flexibility index (Phi) is 6.51. The number of nitrogens with zero attached hydrogens (tertiary/aromatic N) is 3. The smallest absolute Gasteiger partial charge is 0.313 e. The second-order valence-electron chi connectivity index (χ2n) is 6.57. The quantitative estimate of drug-likeness (QED) is 0.665. The first-order chi connectivity index (χ1) is 11.5. The van der Waals surface area contributed by atoms with Crippen molar-refractivity contribution in [3.63, 3.8) is 0 Å². The normalized spacial score (nSPS) is 24.7. The molecular weight excluding hydrogens is 308 g/mol. The largest absolute Gasteiger partial charge is 0.481 e. The molecule has 2 rings (SSSR count). The molecule has 0 bridgehead atoms. The number of carboxylic acid groups (broad SMARTS) is 1. The topological polar surface area (TPSA) is 98.6 Å². The number of carboxylic acids is 1. The first-order valence-corrected chi connectivity index (χ1v) is 8.70. The molecule has 2 heterocycles. The van der Waals surface area contributed by atoms with E-state index in [4.69, 9.17) is 0 Å². The van der Waals surface area contributed by atoms with Gasteiger partial charge in [-0.15, -0.1) is 0 Å². The summed E-state index contributed by atoms with van der Waals surface area (Å²) < 4.78 is 0. The van der Waals surface area contributed by atoms with Crippen molar-refractivity contribution in [2.24, 2.45) is 5.41 Å². The van der Waals surface area contributed by atoms with Crippen LogP contribution < -0.4 is 5.32 Å². The lowest BCUT2D eigenvalue weighted by molar-refractivity contribution is -0.164. The van der Waals surface area contributed by atoms with Crippen LogP contribution in [-0.4, -0.2) is 56.8 Å². The average molecular weight is 336 g/mol. The van der Waals surface area contributed by atoms with Gasteiger partial charge >= 0.3 is 5.97 Å². The van der Waals surface area contributed by atoms with Crippen molar-refractivity contribution in [2.75, 3.05) is 25.0 Å². The minimum Gasteiger partial charge on any atom is -0.481 e. The number of aliphatic carboxylic acids is 1. The minimum atomic E-state index is -1.07. The van der Waals surface area contributed by atoms with E-state index in [1.54, 1.807) is 12.4 Å². The molecule has 134 valence electrons. The Bertz CT molecular complexity index is 537. The zero-order valence-corrected chi connectivity index (χ0v) is 14.5. The first-order valence-electron chi connectivity index (χ1n) is 8.70. The Morgan fingerprint density at radius 2 is 2.08 bits per heavy atom. The number of aromatic nitrogens is 2. The van der Waals surface area contributed by atoms with Crippen molar-refractivity contribution < 1.29 is 15.0 Å². The van der Waals surface area contributed by atoms with Crippen molar-refractivity contribution >= 4 is 11.9 Å². The maximum absolute atomic E-state index is 11.8. The van der Waals surface area contributed by atoms with E-state index in [9.17, 15) is 15.0 Å². The molecule has 3 N–H and O–H groups in total. The Morgan fingerprint density at radius 3 is 2.67 bits per heavy atom. The van der Waals surface area contributed by atoms with Gasteiger partial charge in [-0.25, -0.2) is 9.97 Å². The van der Waals surface area contributed by atoms with Gasteiger partial charge in [-0.3, -0.25) is 9.69 Å². The Morgan fingerprint density at radius 1 is 1.38 bits per heavy atom. The molecule has 1 aromatic rings. The van der Waals surface area contributed by atoms with Crippen LogP contribution in [0, 0.1) is 5.41 Å². The SMILES string of the molecule is CCCNc1ncc(CN2CC[C@H](O)[C@](CCC)(C(=O)O)C2)cn1. The van der Waals surface area contributed by atoms with Gasteiger partial charge in [0, 0.05) is 44.1 Å². The van der Waals surface area contributed by atoms with Gasteiger partial charge in [0.1, 0.15) is 5.41 Å². The summed E-state index contributed by atoms with van der Waals surface area (Å²) in [6, 6.07) is 0. The van der Waals surface area contributed by atoms with E-state index >= 15 is 0 Å². The molecular formula is C17H28N4O3. The fraction of sp³-hybridized carbons (Fsp3) is 0.706. The molecule has 0 aliphatic carbocycles. The molecule has 0 unspecified atom stereocenters. The van der Waals surface area contributed by atoms with Crippen LogP contribution in [0.2, 0.25) is 0 Å². The number of aliphatic hydroxyl groups is 1. The average Bonchev–Trinajstić information content (AvgIpc) is 2.57. The van der Waals surface area contributed by atoms with Crippen LogP contribution in [0.4, 0.5) is 5.95 Å². The molecule has 24 heavy (non-hydrogen) atoms. The van der Waals surface area contributed by atoms with Crippen LogP contribution in [0.15, 0.2) is 12.4 Å². The third-order valence-corrected chi connectivity index (χ3v) is 4.63. The summed E-state index contributed by atoms with van der Waals surface area (Å²) in [5.41, 5.74) is -0.125. The highest BCUT2D eigenvalue weighted by Crippen LogP contribution is 2.36. The number of aliphatic hydroxyl groups excluding tert-OH is 1. The van der Waals surface area contributed by atoms with Gasteiger partial charge in [-0.05, 0) is 19.3 Å². The van der Waals surface area contributed by atoms with Crippen LogP contribution in [0.25, 0.3) is 0 Å². The Labute approximate surface area is 143 Å². The predicted octanol–water partition coefficient (Wildman–Crippen LogP) is 1.74. The lowest BCUT2D eigenvalue weighted by atomic mass is 9.74. The Hall–Kier alpha value is -1.73. The van der Waals surface area contributed by atoms with E-state index in [1.165, 1.54) is 0 Å². The fourth-order valence-electron chi connectivity index (χ4n) is 3.33. The highest BCUT2D eigenvalue weighted by molar-refractivity contribution is 5.76. The maximum Gasteiger partial charge on any atom is 0.313 e. The molecule has 2 atom stereocenters. The molecule has 1 aliphatic rings. The van der Waals surface area contributed by atoms with E-state index < -0.39 is 17.5 Å². The van der Waals surface area contributed by atoms with Gasteiger partial charge in [0.25, 0.3) is 0 Å². The van der Waals surface area contributed by atoms with Crippen LogP contribution >= 0.6 is 0 Å². The lowest BCUT2D eigenvalue weighted by Crippen LogP contribution is -2.55. The van der Waals surface area contributed by atoms with Crippen molar-refractivity contribution in [2.45, 2.75) is 52.2 Å². The number of piperidine rings is 1. The number of carbonyl (C=O) groups is 1. The molecule has 0 saturated carbocycles. The second kappa shape index (κ2) is 8.39. The van der Waals surface area contributed by atoms with Crippen molar-refractivity contribution in [3.8, 4) is 0 Å². The van der Waals surface area contributed by atoms with Gasteiger partial charge in [0.2, 0.25) is 5.95 Å². The number of likely N-dealkylation sites (tertiary alicyclic amines) is 1. The summed E-state index contributed by atoms with van der Waals surface area (Å²) in [6.07, 6.45) is 5.47. The summed E-state index contributed by atoms with van der Waals surface area (Å²) in [7, 11) is 0. The van der Waals surface area contributed by atoms with Crippen LogP contribution in [0.5, 0.6) is 0 Å². The summed E-state index contributed by atoms with van der Waals surface area (Å²) >= 11 is 0. The number of hydrogen-bond acceptors (Lipinski definition) is 6. The van der Waals surface area contributed by atoms with Crippen molar-refractivity contribution in [3.05, 3.63) is 18.0 Å². The number of nitrogens with one attached hydrogen (secondary N) is 1. The fourth-order valence-corrected chi connectivity index (χ4v) is 3.33. The third kappa shape index (κ3) is 4.21. The lowest BCUT2D eigenvalue weighted by Gasteiger charge is -2.43. The molecule has 7 heteroatoms. The van der Waals surface area contributed by atoms with Gasteiger partial charge in [-0.2, -0.15) is 0 Å². The van der Waals surface area contributed by atoms with Crippen molar-refractivity contribution in [1.82, 2.24) is 14.9 Å². The molecule has 0 amide bonds. The maximum atomic E-state index is 11.8. The molecule has 1 fully saturated rings. The molecule has 0 spiro atoms. The Balaban J connectivity index is 2.03. The van der Waals surface area contributed by atoms with Crippen molar-refractivity contribution in [1.29, 1.82) is 0 Å². The van der Waals surface area contributed by atoms with Crippen LogP contribution in [0.3, 0.4) is 0 Å². The molecule has 1 aromatic heterocycles. The molecule has 1 aliphatic heterocycles. The zero-order chi connectivity index (χ0) is 17.6. The summed E-state index contributed by atoms with van der Waals surface area (Å²) in [4.78, 5) is 22.5. The molecule has 0 aromatic carbocycles. The molecule has 0 radical (unpaired) electrons. The molecule has 1 saturated heterocycles. The number of hydrogen-bond donors (Lipinski definition) is 3. The van der Waals surface area contributed by atoms with Gasteiger partial charge in [0.15, 0.2) is 0 Å². The standard InChI is InChI=1S/C17H28N4O3/c1-3-6-17(15(23)24)12-21(8-5-14(17)22)11-13-9-19-16(20-10-13)18-7-4-2/h9-10,14,22H,3-8,11-12H2,1-2H3,(H,23,24)(H,18,19,20)/t14-,17+/m0/s1. The van der Waals surface area contributed by atoms with Gasteiger partial charge < -0.3 is 15.5 Å². The van der Waals surface area contributed by atoms with E-state index in [0.717, 1.165) is 24.9 Å². The first kappa shape index (κ1) is 18.6. The summed E-state index contributed by atoms with van der Waals surface area (Å²) in [5, 5.41) is 23.1. The van der Waals surface area contributed by atoms with E-state index in [0.29, 0.717) is 38.4 Å². The zero-order valence-electron chi connectivity index (χ0n) is 14.5. The van der Waals surface area contributed by atoms with Crippen LogP contribution in [-0.2, 0) is 11.3 Å². The van der Waals surface area contributed by atoms with E-state index in [1.807, 2.05) is 6.92 Å². The van der Waals surface area contributed by atoms with E-state index in [2.05, 4.69) is 27.1 Å². The monoisotopic (exact) mass is 336 g/mol. The molecule has 7 nitrogen and oxygen atoms in total.